The standard InChI is InChI=1S/C23H30BrFN2O3S/c1-4-6-7-17(5-2)15-26-23(28)19-10-8-18(9-11-19)16-27(31(3,29)30)22-13-12-20(24)14-21(22)25/h8-14,17H,4-7,15-16H2,1-3H3,(H,26,28)/t17-/m0/s1. The van der Waals surface area contributed by atoms with Gasteiger partial charge in [-0.2, -0.15) is 0 Å². The maximum Gasteiger partial charge on any atom is 0.251 e. The van der Waals surface area contributed by atoms with Crippen molar-refractivity contribution in [1.29, 1.82) is 0 Å². The van der Waals surface area contributed by atoms with Gasteiger partial charge in [0, 0.05) is 16.6 Å². The lowest BCUT2D eigenvalue weighted by Crippen LogP contribution is -2.30. The van der Waals surface area contributed by atoms with Crippen molar-refractivity contribution in [2.24, 2.45) is 5.92 Å². The fourth-order valence-corrected chi connectivity index (χ4v) is 4.50. The molecule has 0 saturated heterocycles. The number of halogens is 2. The Morgan fingerprint density at radius 1 is 1.16 bits per heavy atom. The van der Waals surface area contributed by atoms with Crippen LogP contribution in [0, 0.1) is 11.7 Å². The van der Waals surface area contributed by atoms with E-state index in [-0.39, 0.29) is 18.1 Å². The summed E-state index contributed by atoms with van der Waals surface area (Å²) in [5, 5.41) is 2.98. The van der Waals surface area contributed by atoms with Gasteiger partial charge < -0.3 is 5.32 Å². The summed E-state index contributed by atoms with van der Waals surface area (Å²) in [6, 6.07) is 11.0. The van der Waals surface area contributed by atoms with Crippen molar-refractivity contribution in [1.82, 2.24) is 5.32 Å². The molecule has 1 N–H and O–H groups in total. The van der Waals surface area contributed by atoms with E-state index in [2.05, 4.69) is 35.1 Å². The smallest absolute Gasteiger partial charge is 0.251 e. The molecule has 0 heterocycles. The summed E-state index contributed by atoms with van der Waals surface area (Å²) in [6.07, 6.45) is 5.45. The average molecular weight is 513 g/mol. The first-order chi connectivity index (χ1) is 14.7. The summed E-state index contributed by atoms with van der Waals surface area (Å²) in [7, 11) is -3.71. The number of sulfonamides is 1. The number of carbonyl (C=O) groups excluding carboxylic acids is 1. The molecule has 0 saturated carbocycles. The average Bonchev–Trinajstić information content (AvgIpc) is 2.72. The van der Waals surface area contributed by atoms with Gasteiger partial charge >= 0.3 is 0 Å². The van der Waals surface area contributed by atoms with Gasteiger partial charge in [-0.3, -0.25) is 9.10 Å². The van der Waals surface area contributed by atoms with Gasteiger partial charge in [-0.05, 0) is 48.2 Å². The number of benzene rings is 2. The van der Waals surface area contributed by atoms with Crippen LogP contribution in [0.15, 0.2) is 46.9 Å². The van der Waals surface area contributed by atoms with Crippen LogP contribution in [0.25, 0.3) is 0 Å². The van der Waals surface area contributed by atoms with Crippen molar-refractivity contribution in [2.75, 3.05) is 17.1 Å². The van der Waals surface area contributed by atoms with Crippen LogP contribution in [0.1, 0.15) is 55.5 Å². The third-order valence-corrected chi connectivity index (χ3v) is 6.84. The van der Waals surface area contributed by atoms with E-state index in [1.165, 1.54) is 12.1 Å². The molecule has 2 aromatic carbocycles. The first-order valence-electron chi connectivity index (χ1n) is 10.5. The van der Waals surface area contributed by atoms with Gasteiger partial charge in [0.15, 0.2) is 0 Å². The van der Waals surface area contributed by atoms with Crippen molar-refractivity contribution in [3.8, 4) is 0 Å². The Bertz CT molecular complexity index is 981. The van der Waals surface area contributed by atoms with E-state index < -0.39 is 15.8 Å². The van der Waals surface area contributed by atoms with Gasteiger partial charge in [-0.15, -0.1) is 0 Å². The van der Waals surface area contributed by atoms with Crippen LogP contribution >= 0.6 is 15.9 Å². The van der Waals surface area contributed by atoms with Crippen LogP contribution in [-0.2, 0) is 16.6 Å². The minimum atomic E-state index is -3.71. The number of hydrogen-bond acceptors (Lipinski definition) is 3. The van der Waals surface area contributed by atoms with Crippen molar-refractivity contribution >= 4 is 37.5 Å². The number of nitrogens with one attached hydrogen (secondary N) is 1. The Morgan fingerprint density at radius 3 is 2.39 bits per heavy atom. The highest BCUT2D eigenvalue weighted by Gasteiger charge is 2.21. The molecule has 0 unspecified atom stereocenters. The van der Waals surface area contributed by atoms with Crippen LogP contribution in [-0.4, -0.2) is 27.1 Å². The van der Waals surface area contributed by atoms with Crippen LogP contribution in [0.2, 0.25) is 0 Å². The normalized spacial score (nSPS) is 12.4. The van der Waals surface area contributed by atoms with E-state index in [1.807, 2.05) is 0 Å². The van der Waals surface area contributed by atoms with E-state index >= 15 is 0 Å². The fourth-order valence-electron chi connectivity index (χ4n) is 3.27. The predicted molar refractivity (Wildman–Crippen MR) is 127 cm³/mol. The molecule has 0 aromatic heterocycles. The molecule has 2 rings (SSSR count). The molecule has 0 radical (unpaired) electrons. The summed E-state index contributed by atoms with van der Waals surface area (Å²) >= 11 is 3.18. The van der Waals surface area contributed by atoms with Gasteiger partial charge in [0.05, 0.1) is 18.5 Å². The SMILES string of the molecule is CCCC[C@H](CC)CNC(=O)c1ccc(CN(c2ccc(Br)cc2F)S(C)(=O)=O)cc1. The molecule has 170 valence electrons. The Hall–Kier alpha value is -1.93. The second-order valence-corrected chi connectivity index (χ2v) is 10.5. The Morgan fingerprint density at radius 2 is 1.84 bits per heavy atom. The number of nitrogens with zero attached hydrogens (tertiary/aromatic N) is 1. The lowest BCUT2D eigenvalue weighted by Gasteiger charge is -2.23. The number of anilines is 1. The Balaban J connectivity index is 2.09. The molecule has 0 aliphatic carbocycles. The first-order valence-corrected chi connectivity index (χ1v) is 13.1. The van der Waals surface area contributed by atoms with E-state index in [9.17, 15) is 17.6 Å². The molecule has 0 spiro atoms. The second-order valence-electron chi connectivity index (χ2n) is 7.69. The van der Waals surface area contributed by atoms with Crippen molar-refractivity contribution < 1.29 is 17.6 Å². The third-order valence-electron chi connectivity index (χ3n) is 5.22. The summed E-state index contributed by atoms with van der Waals surface area (Å²) in [4.78, 5) is 12.5. The number of carbonyl (C=O) groups is 1. The molecule has 2 aromatic rings. The van der Waals surface area contributed by atoms with Crippen molar-refractivity contribution in [2.45, 2.75) is 46.1 Å². The van der Waals surface area contributed by atoms with Gasteiger partial charge in [-0.25, -0.2) is 12.8 Å². The molecule has 5 nitrogen and oxygen atoms in total. The summed E-state index contributed by atoms with van der Waals surface area (Å²) in [5.74, 6) is -0.322. The highest BCUT2D eigenvalue weighted by atomic mass is 79.9. The molecule has 0 aliphatic rings. The Kier molecular flexibility index (Phi) is 9.50. The van der Waals surface area contributed by atoms with Crippen LogP contribution < -0.4 is 9.62 Å². The summed E-state index contributed by atoms with van der Waals surface area (Å²) < 4.78 is 40.5. The molecular weight excluding hydrogens is 483 g/mol. The molecule has 31 heavy (non-hydrogen) atoms. The third kappa shape index (κ3) is 7.61. The number of rotatable bonds is 11. The van der Waals surface area contributed by atoms with Crippen molar-refractivity contribution in [3.05, 3.63) is 63.9 Å². The number of hydrogen-bond donors (Lipinski definition) is 1. The van der Waals surface area contributed by atoms with E-state index in [1.54, 1.807) is 30.3 Å². The molecule has 1 amide bonds. The van der Waals surface area contributed by atoms with Gasteiger partial charge in [0.2, 0.25) is 10.0 Å². The monoisotopic (exact) mass is 512 g/mol. The van der Waals surface area contributed by atoms with E-state index in [0.717, 1.165) is 36.2 Å². The zero-order valence-electron chi connectivity index (χ0n) is 18.2. The lowest BCUT2D eigenvalue weighted by atomic mass is 9.99. The minimum Gasteiger partial charge on any atom is -0.352 e. The lowest BCUT2D eigenvalue weighted by molar-refractivity contribution is 0.0946. The number of unbranched alkanes of at least 4 members (excludes halogenated alkanes) is 1. The topological polar surface area (TPSA) is 66.5 Å². The van der Waals surface area contributed by atoms with Gasteiger partial charge in [-0.1, -0.05) is 61.2 Å². The van der Waals surface area contributed by atoms with E-state index in [4.69, 9.17) is 0 Å². The first kappa shape index (κ1) is 25.3. The summed E-state index contributed by atoms with van der Waals surface area (Å²) in [6.45, 7) is 4.89. The minimum absolute atomic E-state index is 0.0230. The van der Waals surface area contributed by atoms with Gasteiger partial charge in [0.25, 0.3) is 5.91 Å². The highest BCUT2D eigenvalue weighted by molar-refractivity contribution is 9.10. The zero-order chi connectivity index (χ0) is 23.0. The van der Waals surface area contributed by atoms with Gasteiger partial charge in [0.1, 0.15) is 5.82 Å². The molecular formula is C23H30BrFN2O3S. The van der Waals surface area contributed by atoms with Crippen LogP contribution in [0.4, 0.5) is 10.1 Å². The predicted octanol–water partition coefficient (Wildman–Crippen LogP) is 5.50. The molecule has 1 atom stereocenters. The summed E-state index contributed by atoms with van der Waals surface area (Å²) in [5.41, 5.74) is 1.14. The Labute approximate surface area is 193 Å². The highest BCUT2D eigenvalue weighted by Crippen LogP contribution is 2.27. The van der Waals surface area contributed by atoms with Crippen molar-refractivity contribution in [3.63, 3.8) is 0 Å². The largest absolute Gasteiger partial charge is 0.352 e. The quantitative estimate of drug-likeness (QED) is 0.432. The molecule has 0 aliphatic heterocycles. The second kappa shape index (κ2) is 11.6. The van der Waals surface area contributed by atoms with E-state index in [0.29, 0.717) is 28.1 Å². The fraction of sp³-hybridized carbons (Fsp3) is 0.435. The molecule has 8 heteroatoms. The van der Waals surface area contributed by atoms with Crippen LogP contribution in [0.3, 0.4) is 0 Å². The zero-order valence-corrected chi connectivity index (χ0v) is 20.6. The maximum atomic E-state index is 14.4. The maximum absolute atomic E-state index is 14.4. The number of amides is 1. The van der Waals surface area contributed by atoms with Crippen LogP contribution in [0.5, 0.6) is 0 Å². The molecule has 0 fully saturated rings. The molecule has 0 bridgehead atoms.